The average molecular weight is 457 g/mol. The van der Waals surface area contributed by atoms with Gasteiger partial charge in [0.05, 0.1) is 32.0 Å². The van der Waals surface area contributed by atoms with E-state index in [1.54, 1.807) is 55.6 Å². The van der Waals surface area contributed by atoms with Crippen LogP contribution in [-0.4, -0.2) is 64.5 Å². The second-order valence-electron chi connectivity index (χ2n) is 6.46. The standard InChI is InChI=1S/C24H27NO8/c1-3-22(26)32-17-15-30-13-12-29-14-16-31-20-8-6-19(7-9-20)24(28)33-21-10-4-18(5-11-21)23(27)25-2/h3-11H,1,12-17H2,2H3,(H,25,27). The topological polar surface area (TPSA) is 109 Å². The van der Waals surface area contributed by atoms with E-state index < -0.39 is 11.9 Å². The zero-order valence-corrected chi connectivity index (χ0v) is 18.4. The Hall–Kier alpha value is -3.69. The van der Waals surface area contributed by atoms with Gasteiger partial charge in [-0.1, -0.05) is 6.58 Å². The van der Waals surface area contributed by atoms with Gasteiger partial charge in [0, 0.05) is 18.7 Å². The summed E-state index contributed by atoms with van der Waals surface area (Å²) in [4.78, 5) is 34.6. The molecule has 1 N–H and O–H groups in total. The lowest BCUT2D eigenvalue weighted by atomic mass is 10.2. The molecule has 0 unspecified atom stereocenters. The van der Waals surface area contributed by atoms with E-state index in [2.05, 4.69) is 11.9 Å². The molecule has 0 aromatic heterocycles. The maximum absolute atomic E-state index is 12.3. The van der Waals surface area contributed by atoms with Gasteiger partial charge in [-0.05, 0) is 48.5 Å². The Morgan fingerprint density at radius 2 is 1.33 bits per heavy atom. The molecule has 2 rings (SSSR count). The molecule has 0 fully saturated rings. The predicted octanol–water partition coefficient (Wildman–Crippen LogP) is 2.41. The van der Waals surface area contributed by atoms with Gasteiger partial charge in [-0.25, -0.2) is 9.59 Å². The number of rotatable bonds is 14. The highest BCUT2D eigenvalue weighted by atomic mass is 16.6. The molecule has 2 aromatic carbocycles. The first-order valence-corrected chi connectivity index (χ1v) is 10.3. The summed E-state index contributed by atoms with van der Waals surface area (Å²) in [5.74, 6) is -0.286. The molecule has 0 spiro atoms. The minimum Gasteiger partial charge on any atom is -0.491 e. The van der Waals surface area contributed by atoms with E-state index in [9.17, 15) is 14.4 Å². The van der Waals surface area contributed by atoms with Crippen LogP contribution in [0, 0.1) is 0 Å². The Bertz CT molecular complexity index is 909. The molecule has 9 heteroatoms. The van der Waals surface area contributed by atoms with Gasteiger partial charge < -0.3 is 29.0 Å². The summed E-state index contributed by atoms with van der Waals surface area (Å²) in [5.41, 5.74) is 0.840. The summed E-state index contributed by atoms with van der Waals surface area (Å²) >= 11 is 0. The molecule has 0 bridgehead atoms. The Morgan fingerprint density at radius 1 is 0.788 bits per heavy atom. The molecular formula is C24H27NO8. The van der Waals surface area contributed by atoms with Gasteiger partial charge in [-0.3, -0.25) is 4.79 Å². The van der Waals surface area contributed by atoms with Crippen molar-refractivity contribution in [2.45, 2.75) is 0 Å². The number of amides is 1. The van der Waals surface area contributed by atoms with Gasteiger partial charge in [-0.2, -0.15) is 0 Å². The molecule has 0 saturated heterocycles. The van der Waals surface area contributed by atoms with Crippen molar-refractivity contribution in [1.29, 1.82) is 0 Å². The second-order valence-corrected chi connectivity index (χ2v) is 6.46. The average Bonchev–Trinajstić information content (AvgIpc) is 2.85. The van der Waals surface area contributed by atoms with Crippen molar-refractivity contribution >= 4 is 17.8 Å². The Balaban J connectivity index is 1.61. The molecule has 0 aliphatic carbocycles. The monoisotopic (exact) mass is 457 g/mol. The summed E-state index contributed by atoms with van der Waals surface area (Å²) in [6, 6.07) is 12.8. The molecule has 0 radical (unpaired) electrons. The van der Waals surface area contributed by atoms with Crippen molar-refractivity contribution in [2.75, 3.05) is 46.7 Å². The molecule has 0 atom stereocenters. The van der Waals surface area contributed by atoms with Crippen molar-refractivity contribution < 1.29 is 38.1 Å². The van der Waals surface area contributed by atoms with Crippen molar-refractivity contribution in [3.8, 4) is 11.5 Å². The van der Waals surface area contributed by atoms with Gasteiger partial charge >= 0.3 is 11.9 Å². The highest BCUT2D eigenvalue weighted by Crippen LogP contribution is 2.17. The first-order valence-electron chi connectivity index (χ1n) is 10.3. The maximum atomic E-state index is 12.3. The molecule has 9 nitrogen and oxygen atoms in total. The number of ether oxygens (including phenoxy) is 5. The van der Waals surface area contributed by atoms with Gasteiger partial charge in [0.15, 0.2) is 0 Å². The Morgan fingerprint density at radius 3 is 1.94 bits per heavy atom. The summed E-state index contributed by atoms with van der Waals surface area (Å²) in [6.07, 6.45) is 1.10. The van der Waals surface area contributed by atoms with Crippen LogP contribution in [0.25, 0.3) is 0 Å². The lowest BCUT2D eigenvalue weighted by Gasteiger charge is -2.09. The van der Waals surface area contributed by atoms with Gasteiger partial charge in [0.25, 0.3) is 5.91 Å². The zero-order valence-electron chi connectivity index (χ0n) is 18.4. The fourth-order valence-electron chi connectivity index (χ4n) is 2.47. The second kappa shape index (κ2) is 14.4. The molecule has 0 aliphatic heterocycles. The molecule has 176 valence electrons. The van der Waals surface area contributed by atoms with Crippen LogP contribution in [0.5, 0.6) is 11.5 Å². The van der Waals surface area contributed by atoms with E-state index in [1.165, 1.54) is 0 Å². The van der Waals surface area contributed by atoms with Crippen molar-refractivity contribution in [1.82, 2.24) is 5.32 Å². The van der Waals surface area contributed by atoms with Crippen LogP contribution in [0.1, 0.15) is 20.7 Å². The Kier molecular flexibility index (Phi) is 11.1. The molecule has 2 aromatic rings. The van der Waals surface area contributed by atoms with Crippen LogP contribution >= 0.6 is 0 Å². The van der Waals surface area contributed by atoms with Crippen LogP contribution in [-0.2, 0) is 19.0 Å². The van der Waals surface area contributed by atoms with Gasteiger partial charge in [0.2, 0.25) is 0 Å². The minimum absolute atomic E-state index is 0.168. The molecule has 0 heterocycles. The Labute approximate surface area is 192 Å². The fraction of sp³-hybridized carbons (Fsp3) is 0.292. The predicted molar refractivity (Wildman–Crippen MR) is 120 cm³/mol. The number of carbonyl (C=O) groups excluding carboxylic acids is 3. The van der Waals surface area contributed by atoms with Gasteiger partial charge in [-0.15, -0.1) is 0 Å². The number of hydrogen-bond acceptors (Lipinski definition) is 8. The first kappa shape index (κ1) is 25.6. The van der Waals surface area contributed by atoms with Crippen LogP contribution in [0.15, 0.2) is 61.2 Å². The van der Waals surface area contributed by atoms with Crippen molar-refractivity contribution in [3.63, 3.8) is 0 Å². The van der Waals surface area contributed by atoms with Crippen LogP contribution in [0.4, 0.5) is 0 Å². The summed E-state index contributed by atoms with van der Waals surface area (Å²) in [7, 11) is 1.54. The largest absolute Gasteiger partial charge is 0.491 e. The minimum atomic E-state index is -0.517. The van der Waals surface area contributed by atoms with Crippen molar-refractivity contribution in [3.05, 3.63) is 72.3 Å². The number of nitrogens with one attached hydrogen (secondary N) is 1. The quantitative estimate of drug-likeness (QED) is 0.199. The van der Waals surface area contributed by atoms with E-state index >= 15 is 0 Å². The zero-order chi connectivity index (χ0) is 23.9. The number of benzene rings is 2. The SMILES string of the molecule is C=CC(=O)OCCOCCOCCOc1ccc(C(=O)Oc2ccc(C(=O)NC)cc2)cc1. The molecule has 0 aliphatic rings. The van der Waals surface area contributed by atoms with E-state index in [-0.39, 0.29) is 19.1 Å². The number of hydrogen-bond donors (Lipinski definition) is 1. The third-order valence-corrected chi connectivity index (χ3v) is 4.15. The van der Waals surface area contributed by atoms with Crippen LogP contribution < -0.4 is 14.8 Å². The van der Waals surface area contributed by atoms with Crippen LogP contribution in [0.2, 0.25) is 0 Å². The number of esters is 2. The van der Waals surface area contributed by atoms with Crippen LogP contribution in [0.3, 0.4) is 0 Å². The summed E-state index contributed by atoms with van der Waals surface area (Å²) in [5, 5.41) is 2.52. The van der Waals surface area contributed by atoms with E-state index in [1.807, 2.05) is 0 Å². The lowest BCUT2D eigenvalue weighted by Crippen LogP contribution is -2.17. The number of carbonyl (C=O) groups is 3. The van der Waals surface area contributed by atoms with Gasteiger partial charge in [0.1, 0.15) is 24.7 Å². The smallest absolute Gasteiger partial charge is 0.343 e. The van der Waals surface area contributed by atoms with E-state index in [0.29, 0.717) is 49.1 Å². The maximum Gasteiger partial charge on any atom is 0.343 e. The molecular weight excluding hydrogens is 430 g/mol. The van der Waals surface area contributed by atoms with Crippen molar-refractivity contribution in [2.24, 2.45) is 0 Å². The fourth-order valence-corrected chi connectivity index (χ4v) is 2.47. The first-order chi connectivity index (χ1) is 16.0. The normalized spacial score (nSPS) is 10.2. The third-order valence-electron chi connectivity index (χ3n) is 4.15. The lowest BCUT2D eigenvalue weighted by molar-refractivity contribution is -0.139. The highest BCUT2D eigenvalue weighted by Gasteiger charge is 2.10. The highest BCUT2D eigenvalue weighted by molar-refractivity contribution is 5.94. The molecule has 1 amide bonds. The summed E-state index contributed by atoms with van der Waals surface area (Å²) < 4.78 is 26.3. The molecule has 33 heavy (non-hydrogen) atoms. The van der Waals surface area contributed by atoms with E-state index in [0.717, 1.165) is 6.08 Å². The third kappa shape index (κ3) is 9.55. The summed E-state index contributed by atoms with van der Waals surface area (Å²) in [6.45, 7) is 5.21. The molecule has 0 saturated carbocycles. The van der Waals surface area contributed by atoms with E-state index in [4.69, 9.17) is 23.7 Å².